The van der Waals surface area contributed by atoms with Crippen molar-refractivity contribution < 1.29 is 9.52 Å². The molecule has 0 radical (unpaired) electrons. The Balaban J connectivity index is 1.62. The van der Waals surface area contributed by atoms with Crippen LogP contribution in [-0.4, -0.2) is 29.9 Å². The van der Waals surface area contributed by atoms with Gasteiger partial charge in [0, 0.05) is 37.0 Å². The fourth-order valence-corrected chi connectivity index (χ4v) is 3.22. The van der Waals surface area contributed by atoms with Gasteiger partial charge < -0.3 is 15.4 Å². The molecular weight excluding hydrogens is 314 g/mol. The molecule has 2 heterocycles. The van der Waals surface area contributed by atoms with Crippen LogP contribution in [0, 0.1) is 5.21 Å². The number of amides is 1. The predicted octanol–water partition coefficient (Wildman–Crippen LogP) is 3.16. The lowest BCUT2D eigenvalue weighted by atomic mass is 10.0. The Hall–Kier alpha value is -2.56. The average molecular weight is 339 g/mol. The summed E-state index contributed by atoms with van der Waals surface area (Å²) < 4.78 is 0.693. The summed E-state index contributed by atoms with van der Waals surface area (Å²) in [5.41, 5.74) is 2.98. The van der Waals surface area contributed by atoms with Crippen LogP contribution in [0.25, 0.3) is 0 Å². The third kappa shape index (κ3) is 4.29. The zero-order chi connectivity index (χ0) is 17.8. The van der Waals surface area contributed by atoms with E-state index in [4.69, 9.17) is 0 Å². The molecule has 1 atom stereocenters. The van der Waals surface area contributed by atoms with Crippen molar-refractivity contribution in [3.05, 3.63) is 65.1 Å². The van der Waals surface area contributed by atoms with Crippen molar-refractivity contribution in [3.8, 4) is 0 Å². The van der Waals surface area contributed by atoms with Gasteiger partial charge in [0.25, 0.3) is 5.91 Å². The molecule has 1 aromatic heterocycles. The summed E-state index contributed by atoms with van der Waals surface area (Å²) in [5, 5.41) is 14.7. The second-order valence-corrected chi connectivity index (χ2v) is 6.96. The zero-order valence-electron chi connectivity index (χ0n) is 14.8. The van der Waals surface area contributed by atoms with E-state index in [2.05, 4.69) is 43.4 Å². The van der Waals surface area contributed by atoms with Gasteiger partial charge in [0.2, 0.25) is 0 Å². The molecule has 0 spiro atoms. The number of likely N-dealkylation sites (tertiary alicyclic amines) is 1. The maximum Gasteiger partial charge on any atom is 0.254 e. The smallest absolute Gasteiger partial charge is 0.254 e. The SMILES string of the molecule is CC(C)c1ccc(N[C@@H]2CCCN(C(=O)c3cc[n+]([O-])cc3)C2)cc1. The molecule has 0 unspecified atom stereocenters. The van der Waals surface area contributed by atoms with Gasteiger partial charge in [0.1, 0.15) is 0 Å². The van der Waals surface area contributed by atoms with Gasteiger partial charge in [0.15, 0.2) is 12.4 Å². The topological polar surface area (TPSA) is 59.3 Å². The number of hydrogen-bond acceptors (Lipinski definition) is 3. The summed E-state index contributed by atoms with van der Waals surface area (Å²) in [6.45, 7) is 5.81. The molecule has 5 heteroatoms. The highest BCUT2D eigenvalue weighted by molar-refractivity contribution is 5.94. The summed E-state index contributed by atoms with van der Waals surface area (Å²) in [4.78, 5) is 14.5. The van der Waals surface area contributed by atoms with Gasteiger partial charge in [-0.05, 0) is 36.5 Å². The van der Waals surface area contributed by atoms with Crippen LogP contribution in [0.5, 0.6) is 0 Å². The molecule has 1 aliphatic rings. The zero-order valence-corrected chi connectivity index (χ0v) is 14.8. The number of carbonyl (C=O) groups excluding carboxylic acids is 1. The number of carbonyl (C=O) groups is 1. The molecule has 1 amide bonds. The molecule has 2 aromatic rings. The highest BCUT2D eigenvalue weighted by atomic mass is 16.5. The number of piperidine rings is 1. The van der Waals surface area contributed by atoms with Crippen LogP contribution < -0.4 is 10.0 Å². The number of benzene rings is 1. The number of hydrogen-bond donors (Lipinski definition) is 1. The van der Waals surface area contributed by atoms with Crippen molar-refractivity contribution in [3.63, 3.8) is 0 Å². The van der Waals surface area contributed by atoms with E-state index in [1.165, 1.54) is 18.0 Å². The van der Waals surface area contributed by atoms with E-state index in [1.54, 1.807) is 12.1 Å². The molecule has 3 rings (SSSR count). The van der Waals surface area contributed by atoms with E-state index < -0.39 is 0 Å². The highest BCUT2D eigenvalue weighted by Crippen LogP contribution is 2.20. The van der Waals surface area contributed by atoms with Crippen molar-refractivity contribution in [1.82, 2.24) is 4.90 Å². The Morgan fingerprint density at radius 3 is 2.52 bits per heavy atom. The molecule has 5 nitrogen and oxygen atoms in total. The third-order valence-electron chi connectivity index (χ3n) is 4.71. The first kappa shape index (κ1) is 17.3. The van der Waals surface area contributed by atoms with Gasteiger partial charge >= 0.3 is 0 Å². The van der Waals surface area contributed by atoms with Gasteiger partial charge in [-0.2, -0.15) is 4.73 Å². The standard InChI is InChI=1S/C20H25N3O2/c1-15(2)16-5-7-18(8-6-16)21-19-4-3-11-22(14-19)20(24)17-9-12-23(25)13-10-17/h5-10,12-13,15,19,21H,3-4,11,14H2,1-2H3/t19-/m1/s1. The largest absolute Gasteiger partial charge is 0.619 e. The summed E-state index contributed by atoms with van der Waals surface area (Å²) in [6, 6.07) is 11.9. The molecule has 0 saturated carbocycles. The van der Waals surface area contributed by atoms with E-state index in [-0.39, 0.29) is 11.9 Å². The Kier molecular flexibility index (Phi) is 5.22. The molecule has 0 aliphatic carbocycles. The molecule has 25 heavy (non-hydrogen) atoms. The molecule has 0 bridgehead atoms. The Labute approximate surface area is 148 Å². The fourth-order valence-electron chi connectivity index (χ4n) is 3.22. The number of nitrogens with one attached hydrogen (secondary N) is 1. The van der Waals surface area contributed by atoms with E-state index in [9.17, 15) is 10.0 Å². The first-order valence-electron chi connectivity index (χ1n) is 8.87. The van der Waals surface area contributed by atoms with Crippen LogP contribution in [-0.2, 0) is 0 Å². The minimum absolute atomic E-state index is 0.0118. The first-order chi connectivity index (χ1) is 12.0. The molecule has 1 N–H and O–H groups in total. The lowest BCUT2D eigenvalue weighted by Gasteiger charge is -2.33. The minimum atomic E-state index is -0.0118. The molecule has 132 valence electrons. The third-order valence-corrected chi connectivity index (χ3v) is 4.71. The number of anilines is 1. The Bertz CT molecular complexity index is 711. The number of nitrogens with zero attached hydrogens (tertiary/aromatic N) is 2. The van der Waals surface area contributed by atoms with Crippen LogP contribution in [0.1, 0.15) is 48.5 Å². The number of pyridine rings is 1. The highest BCUT2D eigenvalue weighted by Gasteiger charge is 2.24. The van der Waals surface area contributed by atoms with Gasteiger partial charge in [-0.3, -0.25) is 4.79 Å². The maximum absolute atomic E-state index is 12.6. The van der Waals surface area contributed by atoms with Crippen molar-refractivity contribution in [2.24, 2.45) is 0 Å². The van der Waals surface area contributed by atoms with E-state index in [1.807, 2.05) is 4.90 Å². The Morgan fingerprint density at radius 2 is 1.88 bits per heavy atom. The molecular formula is C20H25N3O2. The molecule has 1 saturated heterocycles. The predicted molar refractivity (Wildman–Crippen MR) is 98.5 cm³/mol. The van der Waals surface area contributed by atoms with Crippen LogP contribution >= 0.6 is 0 Å². The summed E-state index contributed by atoms with van der Waals surface area (Å²) in [7, 11) is 0. The van der Waals surface area contributed by atoms with Gasteiger partial charge in [-0.25, -0.2) is 0 Å². The van der Waals surface area contributed by atoms with Crippen LogP contribution in [0.2, 0.25) is 0 Å². The average Bonchev–Trinajstić information content (AvgIpc) is 2.62. The lowest BCUT2D eigenvalue weighted by Crippen LogP contribution is -2.45. The normalized spacial score (nSPS) is 17.6. The summed E-state index contributed by atoms with van der Waals surface area (Å²) in [6.07, 6.45) is 4.75. The van der Waals surface area contributed by atoms with Crippen molar-refractivity contribution in [1.29, 1.82) is 0 Å². The lowest BCUT2D eigenvalue weighted by molar-refractivity contribution is -0.605. The second-order valence-electron chi connectivity index (χ2n) is 6.96. The second kappa shape index (κ2) is 7.55. The van der Waals surface area contributed by atoms with E-state index in [0.717, 1.165) is 25.1 Å². The summed E-state index contributed by atoms with van der Waals surface area (Å²) in [5.74, 6) is 0.512. The van der Waals surface area contributed by atoms with Crippen molar-refractivity contribution in [2.45, 2.75) is 38.6 Å². The Morgan fingerprint density at radius 1 is 1.20 bits per heavy atom. The van der Waals surface area contributed by atoms with E-state index in [0.29, 0.717) is 22.8 Å². The first-order valence-corrected chi connectivity index (χ1v) is 8.87. The van der Waals surface area contributed by atoms with Crippen LogP contribution in [0.15, 0.2) is 48.8 Å². The fraction of sp³-hybridized carbons (Fsp3) is 0.400. The maximum atomic E-state index is 12.6. The van der Waals surface area contributed by atoms with Crippen molar-refractivity contribution in [2.75, 3.05) is 18.4 Å². The van der Waals surface area contributed by atoms with Gasteiger partial charge in [-0.15, -0.1) is 0 Å². The van der Waals surface area contributed by atoms with Gasteiger partial charge in [0.05, 0.1) is 5.56 Å². The number of aromatic nitrogens is 1. The summed E-state index contributed by atoms with van der Waals surface area (Å²) >= 11 is 0. The van der Waals surface area contributed by atoms with Gasteiger partial charge in [-0.1, -0.05) is 26.0 Å². The van der Waals surface area contributed by atoms with Crippen molar-refractivity contribution >= 4 is 11.6 Å². The number of rotatable bonds is 4. The molecule has 1 aromatic carbocycles. The quantitative estimate of drug-likeness (QED) is 0.687. The van der Waals surface area contributed by atoms with Crippen LogP contribution in [0.3, 0.4) is 0 Å². The monoisotopic (exact) mass is 339 g/mol. The molecule has 1 fully saturated rings. The van der Waals surface area contributed by atoms with Crippen LogP contribution in [0.4, 0.5) is 5.69 Å². The minimum Gasteiger partial charge on any atom is -0.619 e. The molecule has 1 aliphatic heterocycles. The van der Waals surface area contributed by atoms with E-state index >= 15 is 0 Å².